The molecule has 0 unspecified atom stereocenters. The Hall–Kier alpha value is -2.42. The molecule has 4 rings (SSSR count). The Morgan fingerprint density at radius 2 is 1.85 bits per heavy atom. The number of hydrogen-bond acceptors (Lipinski definition) is 6. The summed E-state index contributed by atoms with van der Waals surface area (Å²) >= 11 is 0. The van der Waals surface area contributed by atoms with Crippen molar-refractivity contribution in [2.24, 2.45) is 5.73 Å². The maximum absolute atomic E-state index is 11.9. The molecule has 3 N–H and O–H groups in total. The third-order valence-corrected chi connectivity index (χ3v) is 4.96. The number of carbonyl (C=O) groups excluding carboxylic acids is 1. The van der Waals surface area contributed by atoms with Gasteiger partial charge >= 0.3 is 0 Å². The third kappa shape index (κ3) is 3.18. The molecule has 2 bridgehead atoms. The van der Waals surface area contributed by atoms with Crippen molar-refractivity contribution in [2.45, 2.75) is 18.7 Å². The van der Waals surface area contributed by atoms with Crippen LogP contribution in [0.5, 0.6) is 5.75 Å². The Balaban J connectivity index is 2.01. The van der Waals surface area contributed by atoms with Gasteiger partial charge in [0.15, 0.2) is 0 Å². The predicted octanol–water partition coefficient (Wildman–Crippen LogP) is 1.53. The highest BCUT2D eigenvalue weighted by atomic mass is 32.2. The average Bonchev–Trinajstić information content (AvgIpc) is 2.58. The molecule has 0 aromatic heterocycles. The molecule has 26 heavy (non-hydrogen) atoms. The number of hydrogen-bond donors (Lipinski definition) is 2. The first-order valence-corrected chi connectivity index (χ1v) is 9.72. The van der Waals surface area contributed by atoms with E-state index in [1.165, 1.54) is 6.92 Å². The lowest BCUT2D eigenvalue weighted by Crippen LogP contribution is -2.58. The Bertz CT molecular complexity index is 959. The van der Waals surface area contributed by atoms with E-state index in [4.69, 9.17) is 14.7 Å². The third-order valence-electron chi connectivity index (χ3n) is 4.32. The van der Waals surface area contributed by atoms with Crippen LogP contribution < -0.4 is 15.8 Å². The van der Waals surface area contributed by atoms with Crippen molar-refractivity contribution in [1.82, 2.24) is 5.32 Å². The highest BCUT2D eigenvalue weighted by molar-refractivity contribution is 7.86. The van der Waals surface area contributed by atoms with Gasteiger partial charge in [0.1, 0.15) is 5.75 Å². The van der Waals surface area contributed by atoms with Crippen LogP contribution in [0.4, 0.5) is 0 Å². The number of methoxy groups -OCH3 is 1. The van der Waals surface area contributed by atoms with Crippen molar-refractivity contribution < 1.29 is 22.1 Å². The normalized spacial score (nSPS) is 17.9. The van der Waals surface area contributed by atoms with E-state index in [0.29, 0.717) is 5.75 Å². The zero-order chi connectivity index (χ0) is 19.1. The van der Waals surface area contributed by atoms with E-state index in [9.17, 15) is 13.2 Å². The molecule has 7 nitrogen and oxygen atoms in total. The first kappa shape index (κ1) is 18.4. The van der Waals surface area contributed by atoms with Crippen molar-refractivity contribution in [3.8, 4) is 16.9 Å². The smallest absolute Gasteiger partial charge is 0.266 e. The summed E-state index contributed by atoms with van der Waals surface area (Å²) in [5.74, 6) is -0.242. The topological polar surface area (TPSA) is 108 Å². The van der Waals surface area contributed by atoms with Crippen molar-refractivity contribution in [3.05, 3.63) is 53.6 Å². The van der Waals surface area contributed by atoms with Gasteiger partial charge < -0.3 is 10.5 Å². The fourth-order valence-corrected chi connectivity index (χ4v) is 3.91. The lowest BCUT2D eigenvalue weighted by Gasteiger charge is -2.39. The van der Waals surface area contributed by atoms with E-state index in [2.05, 4.69) is 5.32 Å². The minimum atomic E-state index is -3.91. The first-order chi connectivity index (χ1) is 12.2. The zero-order valence-corrected chi connectivity index (χ0v) is 15.5. The van der Waals surface area contributed by atoms with E-state index in [1.807, 2.05) is 42.5 Å². The molecule has 2 aliphatic carbocycles. The number of nitrogens with two attached hydrogens (primary N) is 1. The van der Waals surface area contributed by atoms with E-state index in [1.54, 1.807) is 7.11 Å². The maximum Gasteiger partial charge on any atom is 0.266 e. The van der Waals surface area contributed by atoms with Gasteiger partial charge in [0.25, 0.3) is 16.0 Å². The average molecular weight is 376 g/mol. The monoisotopic (exact) mass is 376 g/mol. The van der Waals surface area contributed by atoms with Crippen molar-refractivity contribution in [3.63, 3.8) is 0 Å². The van der Waals surface area contributed by atoms with Gasteiger partial charge in [-0.25, -0.2) is 4.18 Å². The second kappa shape index (κ2) is 6.39. The first-order valence-electron chi connectivity index (χ1n) is 7.90. The summed E-state index contributed by atoms with van der Waals surface area (Å²) in [7, 11) is -2.35. The fourth-order valence-electron chi connectivity index (χ4n) is 3.17. The largest absolute Gasteiger partial charge is 0.496 e. The molecular weight excluding hydrogens is 356 g/mol. The van der Waals surface area contributed by atoms with Gasteiger partial charge in [0, 0.05) is 11.1 Å². The summed E-state index contributed by atoms with van der Waals surface area (Å²) in [6.07, 6.45) is 0.867. The van der Waals surface area contributed by atoms with Crippen molar-refractivity contribution in [1.29, 1.82) is 0 Å². The van der Waals surface area contributed by atoms with Crippen LogP contribution in [0.2, 0.25) is 0 Å². The Labute approximate surface area is 152 Å². The number of carbonyl (C=O) groups is 1. The van der Waals surface area contributed by atoms with Crippen molar-refractivity contribution in [2.75, 3.05) is 13.4 Å². The van der Waals surface area contributed by atoms with E-state index in [0.717, 1.165) is 28.5 Å². The van der Waals surface area contributed by atoms with Crippen LogP contribution in [0.25, 0.3) is 11.1 Å². The molecule has 0 saturated carbocycles. The van der Waals surface area contributed by atoms with Gasteiger partial charge in [-0.3, -0.25) is 10.1 Å². The molecule has 0 radical (unpaired) electrons. The van der Waals surface area contributed by atoms with Crippen molar-refractivity contribution >= 4 is 16.0 Å². The van der Waals surface area contributed by atoms with Crippen LogP contribution in [-0.4, -0.2) is 33.4 Å². The van der Waals surface area contributed by atoms with Gasteiger partial charge in [0.2, 0.25) is 5.72 Å². The standard InChI is InChI=1S/C18H20N2O5S/c1-18(17(19)21,25-26(3,22)23)20-15-13-10-9-12(14(15)16(13)24-2)11-7-5-4-6-8-11/h4-10,15,20H,1-3H3,(H2,19,21)/t15-,18-/m0/s1. The molecule has 0 fully saturated rings. The van der Waals surface area contributed by atoms with Crippen LogP contribution >= 0.6 is 0 Å². The lowest BCUT2D eigenvalue weighted by atomic mass is 9.78. The summed E-state index contributed by atoms with van der Waals surface area (Å²) in [6, 6.07) is 13.1. The van der Waals surface area contributed by atoms with Crippen LogP contribution in [0.3, 0.4) is 0 Å². The number of fused-ring (bicyclic) bond motifs is 2. The molecular formula is C18H20N2O5S. The van der Waals surface area contributed by atoms with Crippen LogP contribution in [0.15, 0.2) is 42.5 Å². The summed E-state index contributed by atoms with van der Waals surface area (Å²) in [4.78, 5) is 11.9. The number of amides is 1. The Kier molecular flexibility index (Phi) is 4.51. The molecule has 0 spiro atoms. The molecule has 0 aliphatic heterocycles. The number of primary amides is 1. The highest BCUT2D eigenvalue weighted by Crippen LogP contribution is 2.51. The van der Waals surface area contributed by atoms with Gasteiger partial charge in [-0.2, -0.15) is 8.42 Å². The van der Waals surface area contributed by atoms with Gasteiger partial charge in [-0.15, -0.1) is 0 Å². The molecule has 138 valence electrons. The maximum atomic E-state index is 11.9. The van der Waals surface area contributed by atoms with Gasteiger partial charge in [-0.1, -0.05) is 42.5 Å². The molecule has 0 heterocycles. The molecule has 2 aromatic rings. The van der Waals surface area contributed by atoms with E-state index >= 15 is 0 Å². The molecule has 8 heteroatoms. The predicted molar refractivity (Wildman–Crippen MR) is 96.9 cm³/mol. The quantitative estimate of drug-likeness (QED) is 0.560. The highest BCUT2D eigenvalue weighted by Gasteiger charge is 2.44. The van der Waals surface area contributed by atoms with Gasteiger partial charge in [0.05, 0.1) is 19.4 Å². The fraction of sp³-hybridized carbons (Fsp3) is 0.278. The lowest BCUT2D eigenvalue weighted by molar-refractivity contribution is -0.135. The SMILES string of the molecule is COc1c2ccc(-c3ccccc3)c1[C@H]2N[C@@](C)(OS(C)(=O)=O)C(N)=O. The number of ether oxygens (including phenoxy) is 1. The zero-order valence-electron chi connectivity index (χ0n) is 14.6. The molecule has 2 atom stereocenters. The van der Waals surface area contributed by atoms with Crippen LogP contribution in [0.1, 0.15) is 24.1 Å². The number of rotatable bonds is 7. The second-order valence-corrected chi connectivity index (χ2v) is 7.85. The number of benzene rings is 2. The molecule has 2 aromatic carbocycles. The van der Waals surface area contributed by atoms with E-state index in [-0.39, 0.29) is 0 Å². The van der Waals surface area contributed by atoms with Crippen LogP contribution in [0, 0.1) is 0 Å². The number of nitrogens with one attached hydrogen (secondary N) is 1. The summed E-state index contributed by atoms with van der Waals surface area (Å²) in [6.45, 7) is 1.30. The van der Waals surface area contributed by atoms with Gasteiger partial charge in [-0.05, 0) is 18.1 Å². The Morgan fingerprint density at radius 3 is 2.38 bits per heavy atom. The molecule has 2 aliphatic rings. The second-order valence-electron chi connectivity index (χ2n) is 6.28. The Morgan fingerprint density at radius 1 is 1.19 bits per heavy atom. The summed E-state index contributed by atoms with van der Waals surface area (Å²) in [5, 5.41) is 2.93. The molecule has 1 amide bonds. The minimum Gasteiger partial charge on any atom is -0.496 e. The molecule has 0 saturated heterocycles. The minimum absolute atomic E-state index is 0.440. The van der Waals surface area contributed by atoms with Crippen LogP contribution in [-0.2, 0) is 19.1 Å². The summed E-state index contributed by atoms with van der Waals surface area (Å²) in [5.41, 5.74) is 7.02. The summed E-state index contributed by atoms with van der Waals surface area (Å²) < 4.78 is 33.5. The van der Waals surface area contributed by atoms with E-state index < -0.39 is 27.8 Å².